The van der Waals surface area contributed by atoms with Gasteiger partial charge in [-0.05, 0) is 38.4 Å². The summed E-state index contributed by atoms with van der Waals surface area (Å²) in [4.78, 5) is 12.7. The van der Waals surface area contributed by atoms with E-state index in [1.165, 1.54) is 12.0 Å². The lowest BCUT2D eigenvalue weighted by molar-refractivity contribution is 0.0195. The van der Waals surface area contributed by atoms with E-state index in [1.807, 2.05) is 0 Å². The average Bonchev–Trinajstić information content (AvgIpc) is 3.28. The Morgan fingerprint density at radius 1 is 1.13 bits per heavy atom. The quantitative estimate of drug-likeness (QED) is 0.295. The molecule has 0 aliphatic carbocycles. The summed E-state index contributed by atoms with van der Waals surface area (Å²) in [5.74, 6) is 1.08. The molecule has 0 saturated carbocycles. The van der Waals surface area contributed by atoms with E-state index in [9.17, 15) is 0 Å². The van der Waals surface area contributed by atoms with Gasteiger partial charge in [-0.2, -0.15) is 0 Å². The molecule has 1 aromatic carbocycles. The molecular weight excluding hydrogens is 501 g/mol. The third kappa shape index (κ3) is 7.87. The lowest BCUT2D eigenvalue weighted by Crippen LogP contribution is -2.47. The van der Waals surface area contributed by atoms with Crippen LogP contribution in [0.1, 0.15) is 32.8 Å². The van der Waals surface area contributed by atoms with Crippen molar-refractivity contribution in [2.45, 2.75) is 45.7 Å². The van der Waals surface area contributed by atoms with Crippen LogP contribution in [-0.2, 0) is 11.2 Å². The summed E-state index contributed by atoms with van der Waals surface area (Å²) < 4.78 is 5.53. The normalized spacial score (nSPS) is 21.2. The van der Waals surface area contributed by atoms with Crippen molar-refractivity contribution < 1.29 is 4.74 Å². The molecule has 1 aromatic rings. The first-order valence-electron chi connectivity index (χ1n) is 11.9. The fourth-order valence-electron chi connectivity index (χ4n) is 4.73. The minimum atomic E-state index is 0. The van der Waals surface area contributed by atoms with Gasteiger partial charge in [0, 0.05) is 44.8 Å². The van der Waals surface area contributed by atoms with Gasteiger partial charge in [-0.3, -0.25) is 14.8 Å². The molecule has 2 heterocycles. The number of ether oxygens (including phenoxy) is 1. The lowest BCUT2D eigenvalue weighted by atomic mass is 10.0. The predicted octanol–water partition coefficient (Wildman–Crippen LogP) is 2.93. The molecule has 7 heteroatoms. The number of likely N-dealkylation sites (tertiary alicyclic amines) is 1. The van der Waals surface area contributed by atoms with E-state index in [4.69, 9.17) is 9.73 Å². The number of hydrogen-bond acceptors (Lipinski definition) is 4. The molecule has 3 rings (SSSR count). The average molecular weight is 544 g/mol. The molecule has 176 valence electrons. The number of likely N-dealkylation sites (N-methyl/N-ethyl adjacent to an activating group) is 1. The molecule has 2 fully saturated rings. The summed E-state index contributed by atoms with van der Waals surface area (Å²) in [6.45, 7) is 16.6. The highest BCUT2D eigenvalue weighted by atomic mass is 127. The van der Waals surface area contributed by atoms with Gasteiger partial charge in [0.05, 0.1) is 19.8 Å². The van der Waals surface area contributed by atoms with Gasteiger partial charge in [0.15, 0.2) is 5.96 Å². The Kier molecular flexibility index (Phi) is 12.1. The maximum absolute atomic E-state index is 5.53. The molecule has 0 spiro atoms. The van der Waals surface area contributed by atoms with E-state index >= 15 is 0 Å². The summed E-state index contributed by atoms with van der Waals surface area (Å²) in [6.07, 6.45) is 2.26. The van der Waals surface area contributed by atoms with Crippen molar-refractivity contribution >= 4 is 29.9 Å². The fraction of sp³-hybridized carbons (Fsp3) is 0.708. The maximum Gasteiger partial charge on any atom is 0.194 e. The molecule has 2 saturated heterocycles. The van der Waals surface area contributed by atoms with Gasteiger partial charge >= 0.3 is 0 Å². The zero-order valence-corrected chi connectivity index (χ0v) is 22.0. The smallest absolute Gasteiger partial charge is 0.194 e. The number of hydrogen-bond donors (Lipinski definition) is 1. The number of aliphatic imine (C=N–C) groups is 1. The van der Waals surface area contributed by atoms with E-state index in [0.717, 1.165) is 78.0 Å². The molecular formula is C24H42IN5O. The second-order valence-corrected chi connectivity index (χ2v) is 8.30. The van der Waals surface area contributed by atoms with Crippen LogP contribution in [0.15, 0.2) is 35.3 Å². The first-order chi connectivity index (χ1) is 14.7. The Bertz CT molecular complexity index is 634. The second kappa shape index (κ2) is 14.3. The van der Waals surface area contributed by atoms with E-state index in [1.54, 1.807) is 0 Å². The summed E-state index contributed by atoms with van der Waals surface area (Å²) >= 11 is 0. The Morgan fingerprint density at radius 3 is 2.48 bits per heavy atom. The number of guanidine groups is 1. The van der Waals surface area contributed by atoms with Crippen molar-refractivity contribution in [2.75, 3.05) is 65.6 Å². The Balaban J connectivity index is 0.00000341. The first kappa shape index (κ1) is 26.4. The fourth-order valence-corrected chi connectivity index (χ4v) is 4.73. The van der Waals surface area contributed by atoms with Gasteiger partial charge in [0.2, 0.25) is 0 Å². The minimum Gasteiger partial charge on any atom is -0.379 e. The van der Waals surface area contributed by atoms with Crippen LogP contribution in [0, 0.1) is 0 Å². The number of morpholine rings is 1. The number of benzene rings is 1. The molecule has 0 amide bonds. The van der Waals surface area contributed by atoms with Gasteiger partial charge < -0.3 is 15.0 Å². The van der Waals surface area contributed by atoms with Crippen molar-refractivity contribution in [3.63, 3.8) is 0 Å². The summed E-state index contributed by atoms with van der Waals surface area (Å²) in [6, 6.07) is 11.9. The first-order valence-corrected chi connectivity index (χ1v) is 11.9. The van der Waals surface area contributed by atoms with E-state index < -0.39 is 0 Å². The van der Waals surface area contributed by atoms with Crippen LogP contribution < -0.4 is 5.32 Å². The molecule has 2 aliphatic heterocycles. The zero-order chi connectivity index (χ0) is 21.2. The van der Waals surface area contributed by atoms with Gasteiger partial charge in [0.1, 0.15) is 0 Å². The molecule has 2 atom stereocenters. The molecule has 6 nitrogen and oxygen atoms in total. The third-order valence-corrected chi connectivity index (χ3v) is 6.45. The van der Waals surface area contributed by atoms with Gasteiger partial charge in [0.25, 0.3) is 0 Å². The highest BCUT2D eigenvalue weighted by Crippen LogP contribution is 2.17. The summed E-state index contributed by atoms with van der Waals surface area (Å²) in [7, 11) is 0. The van der Waals surface area contributed by atoms with Crippen molar-refractivity contribution in [2.24, 2.45) is 4.99 Å². The van der Waals surface area contributed by atoms with Crippen molar-refractivity contribution in [1.82, 2.24) is 20.0 Å². The molecule has 0 bridgehead atoms. The topological polar surface area (TPSA) is 43.3 Å². The molecule has 31 heavy (non-hydrogen) atoms. The van der Waals surface area contributed by atoms with E-state index in [-0.39, 0.29) is 24.0 Å². The number of halogens is 1. The number of nitrogens with one attached hydrogen (secondary N) is 1. The van der Waals surface area contributed by atoms with Crippen LogP contribution >= 0.6 is 24.0 Å². The summed E-state index contributed by atoms with van der Waals surface area (Å²) in [5, 5.41) is 3.56. The zero-order valence-electron chi connectivity index (χ0n) is 19.6. The SMILES string of the molecule is CCNC(=NCC(Cc1ccccc1)N(CC)CC)N1CCC(N2CCOCC2)C1.I. The van der Waals surface area contributed by atoms with Crippen LogP contribution in [0.25, 0.3) is 0 Å². The monoisotopic (exact) mass is 543 g/mol. The molecule has 2 unspecified atom stereocenters. The highest BCUT2D eigenvalue weighted by molar-refractivity contribution is 14.0. The van der Waals surface area contributed by atoms with Gasteiger partial charge in [-0.15, -0.1) is 24.0 Å². The van der Waals surface area contributed by atoms with Gasteiger partial charge in [-0.1, -0.05) is 44.2 Å². The van der Waals surface area contributed by atoms with Crippen LogP contribution in [0.2, 0.25) is 0 Å². The van der Waals surface area contributed by atoms with Crippen LogP contribution in [0.3, 0.4) is 0 Å². The van der Waals surface area contributed by atoms with Crippen LogP contribution in [0.4, 0.5) is 0 Å². The van der Waals surface area contributed by atoms with Crippen LogP contribution in [-0.4, -0.2) is 98.3 Å². The van der Waals surface area contributed by atoms with Crippen molar-refractivity contribution in [3.8, 4) is 0 Å². The number of nitrogens with zero attached hydrogens (tertiary/aromatic N) is 4. The van der Waals surface area contributed by atoms with Crippen LogP contribution in [0.5, 0.6) is 0 Å². The number of rotatable bonds is 9. The Labute approximate surface area is 206 Å². The van der Waals surface area contributed by atoms with E-state index in [0.29, 0.717) is 12.1 Å². The maximum atomic E-state index is 5.53. The standard InChI is InChI=1S/C24H41N5O.HI/c1-4-25-24(29-13-12-22(20-29)28-14-16-30-17-15-28)26-19-23(27(5-2)6-3)18-21-10-8-7-9-11-21;/h7-11,22-23H,4-6,12-20H2,1-3H3,(H,25,26);1H. The predicted molar refractivity (Wildman–Crippen MR) is 141 cm³/mol. The second-order valence-electron chi connectivity index (χ2n) is 8.30. The highest BCUT2D eigenvalue weighted by Gasteiger charge is 2.30. The minimum absolute atomic E-state index is 0. The van der Waals surface area contributed by atoms with Gasteiger partial charge in [-0.25, -0.2) is 0 Å². The summed E-state index contributed by atoms with van der Waals surface area (Å²) in [5.41, 5.74) is 1.39. The Morgan fingerprint density at radius 2 is 1.84 bits per heavy atom. The lowest BCUT2D eigenvalue weighted by Gasteiger charge is -2.32. The molecule has 2 aliphatic rings. The van der Waals surface area contributed by atoms with Crippen molar-refractivity contribution in [3.05, 3.63) is 35.9 Å². The molecule has 0 aromatic heterocycles. The van der Waals surface area contributed by atoms with E-state index in [2.05, 4.69) is 71.1 Å². The molecule has 1 N–H and O–H groups in total. The van der Waals surface area contributed by atoms with Crippen molar-refractivity contribution in [1.29, 1.82) is 0 Å². The Hall–Kier alpha value is -0.900. The largest absolute Gasteiger partial charge is 0.379 e. The third-order valence-electron chi connectivity index (χ3n) is 6.45. The molecule has 0 radical (unpaired) electrons.